The number of cyclic esters (lactones) is 1. The van der Waals surface area contributed by atoms with Crippen molar-refractivity contribution in [3.8, 4) is 45.3 Å². The normalized spacial score (nSPS) is 14.6. The molecule has 0 unspecified atom stereocenters. The van der Waals surface area contributed by atoms with Gasteiger partial charge in [0.05, 0.1) is 80.0 Å². The molecular formula is C85H88F11N7O11. The summed E-state index contributed by atoms with van der Waals surface area (Å²) in [6.07, 6.45) is -14.5. The molecule has 11 rings (SSSR count). The van der Waals surface area contributed by atoms with Gasteiger partial charge in [-0.3, -0.25) is 14.5 Å². The number of hydrogen-bond acceptors (Lipinski definition) is 15. The second-order valence-corrected chi connectivity index (χ2v) is 27.8. The number of aliphatic hydroxyl groups is 2. The molecular weight excluding hydrogens is 1500 g/mol. The molecule has 2 aromatic heterocycles. The van der Waals surface area contributed by atoms with Gasteiger partial charge in [-0.05, 0) is 168 Å². The molecule has 0 bridgehead atoms. The van der Waals surface area contributed by atoms with E-state index in [1.807, 2.05) is 91.3 Å². The van der Waals surface area contributed by atoms with Crippen molar-refractivity contribution in [2.24, 2.45) is 0 Å². The van der Waals surface area contributed by atoms with Crippen molar-refractivity contribution < 1.29 is 97.0 Å². The number of nitrogens with one attached hydrogen (secondary N) is 1. The summed E-state index contributed by atoms with van der Waals surface area (Å²) in [5.41, 5.74) is 4.57. The van der Waals surface area contributed by atoms with Gasteiger partial charge in [0.1, 0.15) is 29.3 Å². The summed E-state index contributed by atoms with van der Waals surface area (Å²) in [7, 11) is 1.23. The Kier molecular flexibility index (Phi) is 31.5. The molecule has 18 nitrogen and oxygen atoms in total. The highest BCUT2D eigenvalue weighted by Crippen LogP contribution is 2.46. The molecule has 2 aliphatic heterocycles. The average Bonchev–Trinajstić information content (AvgIpc) is 1.58. The smallest absolute Gasteiger partial charge is 0.416 e. The van der Waals surface area contributed by atoms with Crippen molar-refractivity contribution in [3.63, 3.8) is 0 Å². The molecule has 1 fully saturated rings. The van der Waals surface area contributed by atoms with Crippen molar-refractivity contribution >= 4 is 17.8 Å². The summed E-state index contributed by atoms with van der Waals surface area (Å²) >= 11 is 0. The minimum atomic E-state index is -5.16. The van der Waals surface area contributed by atoms with E-state index in [2.05, 4.69) is 39.4 Å². The summed E-state index contributed by atoms with van der Waals surface area (Å²) in [4.78, 5) is 64.0. The number of unbranched alkanes of at least 4 members (excludes halogenated alkanes) is 1. The number of aliphatic hydroxyl groups excluding tert-OH is 2. The van der Waals surface area contributed by atoms with Crippen LogP contribution in [0.15, 0.2) is 170 Å². The van der Waals surface area contributed by atoms with Crippen LogP contribution in [0.1, 0.15) is 169 Å². The van der Waals surface area contributed by atoms with Gasteiger partial charge < -0.3 is 39.1 Å². The molecule has 1 amide bonds. The number of ketones is 1. The lowest BCUT2D eigenvalue weighted by molar-refractivity contribution is -0.757. The van der Waals surface area contributed by atoms with Crippen molar-refractivity contribution in [2.45, 2.75) is 167 Å². The second-order valence-electron chi connectivity index (χ2n) is 27.8. The predicted octanol–water partition coefficient (Wildman–Crippen LogP) is 19.0. The molecule has 4 heterocycles. The first-order valence-electron chi connectivity index (χ1n) is 36.8. The quantitative estimate of drug-likeness (QED) is 0.0108. The molecule has 3 N–H and O–H groups in total. The molecule has 7 aromatic carbocycles. The number of benzene rings is 7. The van der Waals surface area contributed by atoms with E-state index in [0.717, 1.165) is 95.4 Å². The van der Waals surface area contributed by atoms with Crippen LogP contribution in [-0.4, -0.2) is 104 Å². The Hall–Kier alpha value is -11.1. The number of ether oxygens (including phenoxy) is 3. The second kappa shape index (κ2) is 40.6. The van der Waals surface area contributed by atoms with Gasteiger partial charge in [-0.2, -0.15) is 44.8 Å². The van der Waals surface area contributed by atoms with Crippen LogP contribution in [0.5, 0.6) is 5.75 Å². The van der Waals surface area contributed by atoms with E-state index in [9.17, 15) is 83.0 Å². The third kappa shape index (κ3) is 24.5. The zero-order chi connectivity index (χ0) is 83.2. The number of rotatable bonds is 27. The Morgan fingerprint density at radius 3 is 1.92 bits per heavy atom. The van der Waals surface area contributed by atoms with Crippen molar-refractivity contribution in [1.82, 2.24) is 24.8 Å². The summed E-state index contributed by atoms with van der Waals surface area (Å²) < 4.78 is 168. The first-order chi connectivity index (χ1) is 54.1. The number of nitriles is 1. The molecule has 9 aromatic rings. The van der Waals surface area contributed by atoms with Gasteiger partial charge in [0, 0.05) is 79.6 Å². The Morgan fingerprint density at radius 1 is 0.737 bits per heavy atom. The number of aromatic nitrogens is 3. The van der Waals surface area contributed by atoms with Crippen LogP contribution in [0.2, 0.25) is 0 Å². The van der Waals surface area contributed by atoms with Gasteiger partial charge in [-0.15, -0.1) is 10.1 Å². The van der Waals surface area contributed by atoms with Crippen LogP contribution in [0.25, 0.3) is 33.5 Å². The lowest BCUT2D eigenvalue weighted by Gasteiger charge is -2.24. The topological polar surface area (TPSA) is 241 Å². The highest BCUT2D eigenvalue weighted by Gasteiger charge is 2.44. The van der Waals surface area contributed by atoms with E-state index in [4.69, 9.17) is 24.5 Å². The summed E-state index contributed by atoms with van der Waals surface area (Å²) in [6.45, 7) is 11.8. The van der Waals surface area contributed by atoms with Crippen LogP contribution < -0.4 is 10.1 Å². The monoisotopic (exact) mass is 1590 g/mol. The van der Waals surface area contributed by atoms with Crippen LogP contribution in [-0.2, 0) is 76.4 Å². The van der Waals surface area contributed by atoms with E-state index < -0.39 is 94.6 Å². The number of halogens is 11. The highest BCUT2D eigenvalue weighted by molar-refractivity contribution is 6.08. The largest absolute Gasteiger partial charge is 0.496 e. The standard InChI is InChI=1S/C38H43FN2O8.C30H25F10NO3.C15H17N3.C2H3N/c1-26(2)37-36(33(44)23-27-11-5-3-6-12-27)35(28-13-7-4-8-14-28)38(29-15-17-30(39)18-16-29)40(37)20-19-31(42)24-32(43)25-34(45)48-21-9-10-22-49-41(46)47;1-14(2)22-11-23(25(43-4)12-24(22)31)21-6-5-18(28(32,33)34)9-17(21)13-41-15(3)26(44-27(41)42)16-7-19(29(35,36)37)10-20(8-16)30(38,39)40;1-2-4-12(5-3-1)10-15-17-11-13-6-8-16-9-7-14(13)18-15;1-2-3/h3-8,11-18,26,31-32,42-43H,9-10,19-25H2,1-2H3;5-12,14-15,26H,13H2,1-4H3;1-5,11,16H,6-10H2;1H3/t31-,32-;15-,26-;;/m10../s1. The molecule has 29 heteroatoms. The van der Waals surface area contributed by atoms with Gasteiger partial charge in [0.2, 0.25) is 0 Å². The number of alkyl halides is 9. The number of hydrogen-bond donors (Lipinski definition) is 3. The van der Waals surface area contributed by atoms with Gasteiger partial charge >= 0.3 is 30.6 Å². The minimum Gasteiger partial charge on any atom is -0.496 e. The summed E-state index contributed by atoms with van der Waals surface area (Å²) in [6, 6.07) is 42.1. The minimum absolute atomic E-state index is 0.0218. The molecule has 606 valence electrons. The van der Waals surface area contributed by atoms with Crippen LogP contribution in [0.3, 0.4) is 0 Å². The van der Waals surface area contributed by atoms with E-state index >= 15 is 0 Å². The highest BCUT2D eigenvalue weighted by atomic mass is 19.4. The van der Waals surface area contributed by atoms with Crippen LogP contribution in [0, 0.1) is 33.1 Å². The predicted molar refractivity (Wildman–Crippen MR) is 404 cm³/mol. The fourth-order valence-electron chi connectivity index (χ4n) is 13.4. The van der Waals surface area contributed by atoms with Gasteiger partial charge in [0.25, 0.3) is 5.09 Å². The van der Waals surface area contributed by atoms with Gasteiger partial charge in [-0.25, -0.2) is 23.5 Å². The number of nitrogens with zero attached hydrogens (tertiary/aromatic N) is 6. The molecule has 2 aliphatic rings. The zero-order valence-electron chi connectivity index (χ0n) is 63.6. The first-order valence-corrected chi connectivity index (χ1v) is 36.8. The van der Waals surface area contributed by atoms with E-state index in [1.165, 1.54) is 56.0 Å². The summed E-state index contributed by atoms with van der Waals surface area (Å²) in [5.74, 6) is -1.23. The maximum Gasteiger partial charge on any atom is 0.416 e. The molecule has 0 aliphatic carbocycles. The lowest BCUT2D eigenvalue weighted by Crippen LogP contribution is -2.32. The van der Waals surface area contributed by atoms with E-state index in [1.54, 1.807) is 32.0 Å². The molecule has 0 radical (unpaired) electrons. The number of esters is 1. The number of fused-ring (bicyclic) bond motifs is 1. The SMILES string of the molecule is CC#N.CC(C)c1c(C(=O)Cc2ccccc2)c(-c2ccccc2)c(-c2ccc(F)cc2)n1CC[C@@H](O)C[C@@H](O)CC(=O)OCCCCO[N+](=O)[O-].COc1cc(F)c(C(C)C)cc1-c1ccc(C(F)(F)F)cc1CN1C(=O)O[C@H](c2cc(C(F)(F)F)cc(C(F)(F)F)c2)[C@@H]1C.c1ccc(Cc2ncc3c(n2)CCNCC3)cc1. The van der Waals surface area contributed by atoms with Gasteiger partial charge in [-0.1, -0.05) is 125 Å². The van der Waals surface area contributed by atoms with Crippen molar-refractivity contribution in [1.29, 1.82) is 5.26 Å². The molecule has 0 saturated carbocycles. The fraction of sp³-hybridized carbons (Fsp3) is 0.365. The first kappa shape index (κ1) is 88.5. The Morgan fingerprint density at radius 2 is 1.33 bits per heavy atom. The van der Waals surface area contributed by atoms with E-state index in [-0.39, 0.29) is 103 Å². The van der Waals surface area contributed by atoms with Crippen molar-refractivity contribution in [2.75, 3.05) is 33.4 Å². The molecule has 4 atom stereocenters. The Labute approximate surface area is 652 Å². The summed E-state index contributed by atoms with van der Waals surface area (Å²) in [5, 5.41) is 41.6. The van der Waals surface area contributed by atoms with Gasteiger partial charge in [0.15, 0.2) is 5.78 Å². The van der Waals surface area contributed by atoms with Crippen molar-refractivity contribution in [3.05, 3.63) is 265 Å². The maximum atomic E-state index is 14.7. The molecule has 114 heavy (non-hydrogen) atoms. The number of carbonyl (C=O) groups is 3. The van der Waals surface area contributed by atoms with E-state index in [0.29, 0.717) is 36.1 Å². The molecule has 1 saturated heterocycles. The maximum absolute atomic E-state index is 14.7. The number of Topliss-reactive ketones (excluding diaryl/α,β-unsaturated/α-hetero) is 1. The van der Waals surface area contributed by atoms with Crippen LogP contribution >= 0.6 is 0 Å². The number of carbonyl (C=O) groups excluding carboxylic acids is 3. The Balaban J connectivity index is 0.000000228. The zero-order valence-corrected chi connectivity index (χ0v) is 63.6. The van der Waals surface area contributed by atoms with Crippen LogP contribution in [0.4, 0.5) is 53.1 Å². The Bertz CT molecular complexity index is 4720. The average molecular weight is 1590 g/mol. The third-order valence-corrected chi connectivity index (χ3v) is 18.8. The lowest BCUT2D eigenvalue weighted by atomic mass is 9.90. The fourth-order valence-corrected chi connectivity index (χ4v) is 13.4. The number of amides is 1. The number of methoxy groups -OCH3 is 1. The molecule has 0 spiro atoms. The third-order valence-electron chi connectivity index (χ3n) is 18.8.